The maximum Gasteiger partial charge on any atom is 0.230 e. The van der Waals surface area contributed by atoms with Gasteiger partial charge in [-0.05, 0) is 12.1 Å². The maximum atomic E-state index is 11.4. The third kappa shape index (κ3) is 2.18. The van der Waals surface area contributed by atoms with Crippen molar-refractivity contribution in [2.45, 2.75) is 13.3 Å². The van der Waals surface area contributed by atoms with E-state index in [1.54, 1.807) is 11.1 Å². The number of carbonyl (C=O) groups excluding carboxylic acids is 1. The SMILES string of the molecule is C=CN(C(=O)CC)c1ccccc1. The van der Waals surface area contributed by atoms with E-state index >= 15 is 0 Å². The van der Waals surface area contributed by atoms with Crippen molar-refractivity contribution >= 4 is 11.6 Å². The molecular weight excluding hydrogens is 162 g/mol. The van der Waals surface area contributed by atoms with Gasteiger partial charge in [-0.2, -0.15) is 0 Å². The first-order valence-corrected chi connectivity index (χ1v) is 4.29. The zero-order chi connectivity index (χ0) is 9.68. The van der Waals surface area contributed by atoms with Crippen molar-refractivity contribution in [3.63, 3.8) is 0 Å². The average Bonchev–Trinajstić information content (AvgIpc) is 2.20. The van der Waals surface area contributed by atoms with Gasteiger partial charge in [-0.25, -0.2) is 0 Å². The first-order chi connectivity index (χ1) is 6.29. The Labute approximate surface area is 78.5 Å². The lowest BCUT2D eigenvalue weighted by Gasteiger charge is -2.16. The zero-order valence-corrected chi connectivity index (χ0v) is 7.73. The molecule has 0 bridgehead atoms. The van der Waals surface area contributed by atoms with Crippen molar-refractivity contribution in [3.8, 4) is 0 Å². The molecule has 0 aliphatic heterocycles. The topological polar surface area (TPSA) is 20.3 Å². The number of amides is 1. The third-order valence-corrected chi connectivity index (χ3v) is 1.79. The fraction of sp³-hybridized carbons (Fsp3) is 0.182. The van der Waals surface area contributed by atoms with Crippen LogP contribution in [0.3, 0.4) is 0 Å². The van der Waals surface area contributed by atoms with E-state index in [9.17, 15) is 4.79 Å². The first-order valence-electron chi connectivity index (χ1n) is 4.29. The molecule has 1 aromatic carbocycles. The van der Waals surface area contributed by atoms with Crippen LogP contribution in [0.1, 0.15) is 13.3 Å². The zero-order valence-electron chi connectivity index (χ0n) is 7.73. The summed E-state index contributed by atoms with van der Waals surface area (Å²) in [7, 11) is 0. The molecule has 2 heteroatoms. The number of hydrogen-bond acceptors (Lipinski definition) is 1. The normalized spacial score (nSPS) is 9.31. The van der Waals surface area contributed by atoms with Gasteiger partial charge in [0.15, 0.2) is 0 Å². The van der Waals surface area contributed by atoms with Gasteiger partial charge >= 0.3 is 0 Å². The number of rotatable bonds is 3. The molecule has 0 aliphatic rings. The van der Waals surface area contributed by atoms with Crippen LogP contribution in [0.4, 0.5) is 5.69 Å². The van der Waals surface area contributed by atoms with Crippen LogP contribution >= 0.6 is 0 Å². The Balaban J connectivity index is 2.91. The van der Waals surface area contributed by atoms with Gasteiger partial charge in [-0.3, -0.25) is 9.69 Å². The molecule has 13 heavy (non-hydrogen) atoms. The summed E-state index contributed by atoms with van der Waals surface area (Å²) < 4.78 is 0. The second-order valence-electron chi connectivity index (χ2n) is 2.64. The summed E-state index contributed by atoms with van der Waals surface area (Å²) in [6.07, 6.45) is 2.03. The highest BCUT2D eigenvalue weighted by Crippen LogP contribution is 2.14. The predicted molar refractivity (Wildman–Crippen MR) is 54.4 cm³/mol. The molecule has 0 aliphatic carbocycles. The molecule has 1 amide bonds. The summed E-state index contributed by atoms with van der Waals surface area (Å²) in [5.41, 5.74) is 0.865. The molecule has 0 atom stereocenters. The summed E-state index contributed by atoms with van der Waals surface area (Å²) in [5.74, 6) is 0.0567. The molecule has 0 spiro atoms. The van der Waals surface area contributed by atoms with Crippen molar-refractivity contribution in [2.24, 2.45) is 0 Å². The Hall–Kier alpha value is -1.57. The second kappa shape index (κ2) is 4.45. The Kier molecular flexibility index (Phi) is 3.26. The van der Waals surface area contributed by atoms with E-state index in [2.05, 4.69) is 6.58 Å². The minimum absolute atomic E-state index is 0.0567. The van der Waals surface area contributed by atoms with Crippen LogP contribution in [0, 0.1) is 0 Å². The van der Waals surface area contributed by atoms with Gasteiger partial charge in [0.1, 0.15) is 0 Å². The highest BCUT2D eigenvalue weighted by Gasteiger charge is 2.08. The van der Waals surface area contributed by atoms with Gasteiger partial charge in [-0.1, -0.05) is 31.7 Å². The van der Waals surface area contributed by atoms with Gasteiger partial charge in [-0.15, -0.1) is 0 Å². The van der Waals surface area contributed by atoms with Crippen LogP contribution in [-0.2, 0) is 4.79 Å². The van der Waals surface area contributed by atoms with E-state index in [1.807, 2.05) is 37.3 Å². The third-order valence-electron chi connectivity index (χ3n) is 1.79. The molecule has 0 fully saturated rings. The number of anilines is 1. The van der Waals surface area contributed by atoms with Gasteiger partial charge in [0.05, 0.1) is 0 Å². The molecule has 0 aromatic heterocycles. The minimum Gasteiger partial charge on any atom is -0.288 e. The Morgan fingerprint density at radius 2 is 2.08 bits per heavy atom. The Morgan fingerprint density at radius 3 is 2.54 bits per heavy atom. The van der Waals surface area contributed by atoms with Gasteiger partial charge in [0.2, 0.25) is 5.91 Å². The van der Waals surface area contributed by atoms with E-state index in [0.717, 1.165) is 5.69 Å². The van der Waals surface area contributed by atoms with Crippen LogP contribution in [0.25, 0.3) is 0 Å². The molecule has 0 saturated heterocycles. The van der Waals surface area contributed by atoms with Gasteiger partial charge in [0.25, 0.3) is 0 Å². The van der Waals surface area contributed by atoms with Crippen molar-refractivity contribution < 1.29 is 4.79 Å². The van der Waals surface area contributed by atoms with Crippen LogP contribution in [0.5, 0.6) is 0 Å². The van der Waals surface area contributed by atoms with Gasteiger partial charge in [0, 0.05) is 18.3 Å². The molecule has 0 radical (unpaired) electrons. The van der Waals surface area contributed by atoms with E-state index in [4.69, 9.17) is 0 Å². The average molecular weight is 175 g/mol. The number of para-hydroxylation sites is 1. The maximum absolute atomic E-state index is 11.4. The summed E-state index contributed by atoms with van der Waals surface area (Å²) in [6, 6.07) is 9.48. The monoisotopic (exact) mass is 175 g/mol. The Morgan fingerprint density at radius 1 is 1.46 bits per heavy atom. The molecule has 0 unspecified atom stereocenters. The molecule has 1 aromatic rings. The standard InChI is InChI=1S/C11H13NO/c1-3-11(13)12(4-2)10-8-6-5-7-9-10/h4-9H,2-3H2,1H3. The molecule has 1 rings (SSSR count). The summed E-state index contributed by atoms with van der Waals surface area (Å²) in [4.78, 5) is 13.0. The van der Waals surface area contributed by atoms with Crippen LogP contribution in [0.15, 0.2) is 43.1 Å². The Bertz CT molecular complexity index is 292. The van der Waals surface area contributed by atoms with Crippen molar-refractivity contribution in [2.75, 3.05) is 4.90 Å². The molecule has 0 heterocycles. The molecule has 0 saturated carbocycles. The number of carbonyl (C=O) groups is 1. The number of benzene rings is 1. The lowest BCUT2D eigenvalue weighted by molar-refractivity contribution is -0.117. The fourth-order valence-electron chi connectivity index (χ4n) is 1.11. The summed E-state index contributed by atoms with van der Waals surface area (Å²) in [6.45, 7) is 5.45. The van der Waals surface area contributed by atoms with Crippen molar-refractivity contribution in [1.82, 2.24) is 0 Å². The van der Waals surface area contributed by atoms with Crippen molar-refractivity contribution in [1.29, 1.82) is 0 Å². The highest BCUT2D eigenvalue weighted by molar-refractivity contribution is 5.94. The van der Waals surface area contributed by atoms with Crippen LogP contribution in [0.2, 0.25) is 0 Å². The molecule has 68 valence electrons. The summed E-state index contributed by atoms with van der Waals surface area (Å²) >= 11 is 0. The largest absolute Gasteiger partial charge is 0.288 e. The van der Waals surface area contributed by atoms with E-state index in [0.29, 0.717) is 6.42 Å². The van der Waals surface area contributed by atoms with Gasteiger partial charge < -0.3 is 0 Å². The quantitative estimate of drug-likeness (QED) is 0.691. The predicted octanol–water partition coefficient (Wildman–Crippen LogP) is 2.57. The lowest BCUT2D eigenvalue weighted by atomic mass is 10.3. The minimum atomic E-state index is 0.0567. The van der Waals surface area contributed by atoms with Crippen LogP contribution < -0.4 is 4.90 Å². The molecule has 0 N–H and O–H groups in total. The van der Waals surface area contributed by atoms with E-state index in [-0.39, 0.29) is 5.91 Å². The summed E-state index contributed by atoms with van der Waals surface area (Å²) in [5, 5.41) is 0. The van der Waals surface area contributed by atoms with Crippen LogP contribution in [-0.4, -0.2) is 5.91 Å². The smallest absolute Gasteiger partial charge is 0.230 e. The molecule has 2 nitrogen and oxygen atoms in total. The number of nitrogens with zero attached hydrogens (tertiary/aromatic N) is 1. The first kappa shape index (κ1) is 9.52. The number of hydrogen-bond donors (Lipinski definition) is 0. The molecular formula is C11H13NO. The van der Waals surface area contributed by atoms with E-state index < -0.39 is 0 Å². The highest BCUT2D eigenvalue weighted by atomic mass is 16.2. The van der Waals surface area contributed by atoms with Crippen molar-refractivity contribution in [3.05, 3.63) is 43.1 Å². The second-order valence-corrected chi connectivity index (χ2v) is 2.64. The lowest BCUT2D eigenvalue weighted by Crippen LogP contribution is -2.23. The van der Waals surface area contributed by atoms with E-state index in [1.165, 1.54) is 0 Å². The fourth-order valence-corrected chi connectivity index (χ4v) is 1.11.